The zero-order valence-electron chi connectivity index (χ0n) is 12.7. The SMILES string of the molecule is Cc1nnc2n1CC(C(=O)O)N(Cc1ccc(Cl)c([N+](=O)[O-])c1)C2. The third kappa shape index (κ3) is 2.95. The van der Waals surface area contributed by atoms with Crippen LogP contribution in [0.2, 0.25) is 5.02 Å². The Morgan fingerprint density at radius 1 is 1.50 bits per heavy atom. The first-order valence-corrected chi connectivity index (χ1v) is 7.53. The highest BCUT2D eigenvalue weighted by atomic mass is 35.5. The molecule has 0 saturated heterocycles. The summed E-state index contributed by atoms with van der Waals surface area (Å²) in [6, 6.07) is 3.70. The molecule has 1 aromatic carbocycles. The minimum atomic E-state index is -0.961. The van der Waals surface area contributed by atoms with Gasteiger partial charge in [-0.15, -0.1) is 10.2 Å². The van der Waals surface area contributed by atoms with Gasteiger partial charge in [0.15, 0.2) is 0 Å². The molecule has 1 atom stereocenters. The quantitative estimate of drug-likeness (QED) is 0.657. The zero-order chi connectivity index (χ0) is 17.4. The summed E-state index contributed by atoms with van der Waals surface area (Å²) in [5.74, 6) is 0.378. The smallest absolute Gasteiger partial charge is 0.322 e. The Morgan fingerprint density at radius 2 is 2.25 bits per heavy atom. The second-order valence-corrected chi connectivity index (χ2v) is 5.98. The predicted molar refractivity (Wildman–Crippen MR) is 83.5 cm³/mol. The lowest BCUT2D eigenvalue weighted by Gasteiger charge is -2.33. The molecule has 0 radical (unpaired) electrons. The average molecular weight is 352 g/mol. The Balaban J connectivity index is 1.89. The number of carbonyl (C=O) groups is 1. The van der Waals surface area contributed by atoms with Gasteiger partial charge in [0.05, 0.1) is 18.0 Å². The molecule has 2 heterocycles. The van der Waals surface area contributed by atoms with E-state index in [9.17, 15) is 20.0 Å². The van der Waals surface area contributed by atoms with Gasteiger partial charge in [-0.3, -0.25) is 19.8 Å². The second-order valence-electron chi connectivity index (χ2n) is 5.58. The summed E-state index contributed by atoms with van der Waals surface area (Å²) in [4.78, 5) is 23.7. The number of hydrogen-bond donors (Lipinski definition) is 1. The Kier molecular flexibility index (Phi) is 4.20. The number of nitrogens with zero attached hydrogens (tertiary/aromatic N) is 5. The summed E-state index contributed by atoms with van der Waals surface area (Å²) in [6.45, 7) is 2.54. The maximum Gasteiger partial charge on any atom is 0.322 e. The Bertz CT molecular complexity index is 821. The summed E-state index contributed by atoms with van der Waals surface area (Å²) in [6.07, 6.45) is 0. The molecular weight excluding hydrogens is 338 g/mol. The number of carboxylic acids is 1. The van der Waals surface area contributed by atoms with Crippen LogP contribution in [0.4, 0.5) is 5.69 Å². The number of fused-ring (bicyclic) bond motifs is 1. The Labute approximate surface area is 141 Å². The molecule has 0 amide bonds. The number of aryl methyl sites for hydroxylation is 1. The first-order valence-electron chi connectivity index (χ1n) is 7.15. The van der Waals surface area contributed by atoms with E-state index in [1.807, 2.05) is 0 Å². The molecular formula is C14H14ClN5O4. The fourth-order valence-corrected chi connectivity index (χ4v) is 2.98. The number of hydrogen-bond acceptors (Lipinski definition) is 6. The summed E-state index contributed by atoms with van der Waals surface area (Å²) in [7, 11) is 0. The largest absolute Gasteiger partial charge is 0.480 e. The zero-order valence-corrected chi connectivity index (χ0v) is 13.5. The van der Waals surface area contributed by atoms with Crippen LogP contribution in [0.3, 0.4) is 0 Å². The lowest BCUT2D eigenvalue weighted by Crippen LogP contribution is -2.47. The van der Waals surface area contributed by atoms with Crippen molar-refractivity contribution in [2.75, 3.05) is 0 Å². The van der Waals surface area contributed by atoms with Crippen LogP contribution in [-0.4, -0.2) is 41.7 Å². The first-order chi connectivity index (χ1) is 11.4. The molecule has 1 aliphatic rings. The minimum Gasteiger partial charge on any atom is -0.480 e. The highest BCUT2D eigenvalue weighted by Gasteiger charge is 2.33. The van der Waals surface area contributed by atoms with Gasteiger partial charge in [0.25, 0.3) is 5.69 Å². The third-order valence-electron chi connectivity index (χ3n) is 4.03. The van der Waals surface area contributed by atoms with Crippen molar-refractivity contribution in [2.24, 2.45) is 0 Å². The predicted octanol–water partition coefficient (Wildman–Crippen LogP) is 1.62. The van der Waals surface area contributed by atoms with Crippen molar-refractivity contribution in [3.05, 3.63) is 50.5 Å². The fraction of sp³-hybridized carbons (Fsp3) is 0.357. The van der Waals surface area contributed by atoms with Gasteiger partial charge in [0.1, 0.15) is 22.7 Å². The highest BCUT2D eigenvalue weighted by Crippen LogP contribution is 2.27. The van der Waals surface area contributed by atoms with Crippen LogP contribution in [0.5, 0.6) is 0 Å². The monoisotopic (exact) mass is 351 g/mol. The van der Waals surface area contributed by atoms with Gasteiger partial charge in [-0.1, -0.05) is 17.7 Å². The van der Waals surface area contributed by atoms with Crippen LogP contribution >= 0.6 is 11.6 Å². The fourth-order valence-electron chi connectivity index (χ4n) is 2.79. The van der Waals surface area contributed by atoms with E-state index in [0.717, 1.165) is 0 Å². The molecule has 3 rings (SSSR count). The number of aromatic nitrogens is 3. The Hall–Kier alpha value is -2.52. The maximum atomic E-state index is 11.6. The van der Waals surface area contributed by atoms with Crippen LogP contribution in [0.1, 0.15) is 17.2 Å². The topological polar surface area (TPSA) is 114 Å². The van der Waals surface area contributed by atoms with Gasteiger partial charge < -0.3 is 9.67 Å². The van der Waals surface area contributed by atoms with Crippen LogP contribution in [0.25, 0.3) is 0 Å². The summed E-state index contributed by atoms with van der Waals surface area (Å²) in [5.41, 5.74) is 0.416. The lowest BCUT2D eigenvalue weighted by molar-refractivity contribution is -0.384. The molecule has 1 N–H and O–H groups in total. The normalized spacial score (nSPS) is 17.5. The number of aliphatic carboxylic acids is 1. The molecule has 1 aliphatic heterocycles. The number of nitro benzene ring substituents is 1. The summed E-state index contributed by atoms with van der Waals surface area (Å²) < 4.78 is 1.78. The van der Waals surface area contributed by atoms with Crippen molar-refractivity contribution in [1.82, 2.24) is 19.7 Å². The van der Waals surface area contributed by atoms with Gasteiger partial charge in [0.2, 0.25) is 0 Å². The molecule has 1 aromatic heterocycles. The number of halogens is 1. The van der Waals surface area contributed by atoms with E-state index in [2.05, 4.69) is 10.2 Å². The molecule has 126 valence electrons. The number of nitro groups is 1. The molecule has 0 bridgehead atoms. The van der Waals surface area contributed by atoms with Crippen molar-refractivity contribution in [2.45, 2.75) is 32.6 Å². The van der Waals surface area contributed by atoms with Crippen LogP contribution < -0.4 is 0 Å². The van der Waals surface area contributed by atoms with Gasteiger partial charge >= 0.3 is 5.97 Å². The van der Waals surface area contributed by atoms with E-state index in [4.69, 9.17) is 11.6 Å². The molecule has 2 aromatic rings. The molecule has 1 unspecified atom stereocenters. The van der Waals surface area contributed by atoms with Gasteiger partial charge in [-0.2, -0.15) is 0 Å². The number of benzene rings is 1. The number of rotatable bonds is 4. The van der Waals surface area contributed by atoms with Gasteiger partial charge in [0, 0.05) is 12.6 Å². The van der Waals surface area contributed by atoms with Crippen LogP contribution in [0, 0.1) is 17.0 Å². The van der Waals surface area contributed by atoms with Crippen molar-refractivity contribution < 1.29 is 14.8 Å². The van der Waals surface area contributed by atoms with E-state index >= 15 is 0 Å². The van der Waals surface area contributed by atoms with Crippen LogP contribution in [0.15, 0.2) is 18.2 Å². The van der Waals surface area contributed by atoms with E-state index in [-0.39, 0.29) is 23.8 Å². The summed E-state index contributed by atoms with van der Waals surface area (Å²) >= 11 is 5.81. The van der Waals surface area contributed by atoms with Crippen molar-refractivity contribution in [3.63, 3.8) is 0 Å². The highest BCUT2D eigenvalue weighted by molar-refractivity contribution is 6.32. The maximum absolute atomic E-state index is 11.6. The average Bonchev–Trinajstić information content (AvgIpc) is 2.88. The van der Waals surface area contributed by atoms with E-state index in [1.165, 1.54) is 12.1 Å². The molecule has 0 saturated carbocycles. The number of carboxylic acid groups (broad SMARTS) is 1. The first kappa shape index (κ1) is 16.3. The van der Waals surface area contributed by atoms with E-state index < -0.39 is 16.9 Å². The second kappa shape index (κ2) is 6.17. The van der Waals surface area contributed by atoms with Crippen LogP contribution in [-0.2, 0) is 24.4 Å². The van der Waals surface area contributed by atoms with Crippen molar-refractivity contribution in [1.29, 1.82) is 0 Å². The molecule has 24 heavy (non-hydrogen) atoms. The van der Waals surface area contributed by atoms with E-state index in [1.54, 1.807) is 22.5 Å². The van der Waals surface area contributed by atoms with Crippen molar-refractivity contribution in [3.8, 4) is 0 Å². The molecule has 0 spiro atoms. The summed E-state index contributed by atoms with van der Waals surface area (Å²) in [5, 5.41) is 28.6. The Morgan fingerprint density at radius 3 is 2.92 bits per heavy atom. The minimum absolute atomic E-state index is 0.0487. The molecule has 10 heteroatoms. The molecule has 0 fully saturated rings. The van der Waals surface area contributed by atoms with Gasteiger partial charge in [-0.05, 0) is 18.6 Å². The molecule has 9 nitrogen and oxygen atoms in total. The van der Waals surface area contributed by atoms with Crippen molar-refractivity contribution >= 4 is 23.3 Å². The molecule has 0 aliphatic carbocycles. The standard InChI is InChI=1S/C14H14ClN5O4/c1-8-16-17-13-7-18(12(14(21)22)6-19(8)13)5-9-2-3-10(15)11(4-9)20(23)24/h2-4,12H,5-7H2,1H3,(H,21,22). The van der Waals surface area contributed by atoms with E-state index in [0.29, 0.717) is 23.8 Å². The van der Waals surface area contributed by atoms with Gasteiger partial charge in [-0.25, -0.2) is 0 Å². The lowest BCUT2D eigenvalue weighted by atomic mass is 10.1. The third-order valence-corrected chi connectivity index (χ3v) is 4.35.